The van der Waals surface area contributed by atoms with Crippen LogP contribution in [0.3, 0.4) is 0 Å². The first-order chi connectivity index (χ1) is 8.85. The lowest BCUT2D eigenvalue weighted by Crippen LogP contribution is -1.91. The van der Waals surface area contributed by atoms with Gasteiger partial charge in [0.15, 0.2) is 0 Å². The lowest BCUT2D eigenvalue weighted by Gasteiger charge is -2.04. The van der Waals surface area contributed by atoms with Crippen LogP contribution in [0.5, 0.6) is 0 Å². The van der Waals surface area contributed by atoms with E-state index in [-0.39, 0.29) is 5.75 Å². The van der Waals surface area contributed by atoms with E-state index in [1.54, 1.807) is 24.5 Å². The van der Waals surface area contributed by atoms with Crippen LogP contribution in [0.25, 0.3) is 11.3 Å². The molecule has 0 aromatic carbocycles. The molecular weight excluding hydrogens is 244 g/mol. The van der Waals surface area contributed by atoms with Gasteiger partial charge in [-0.2, -0.15) is 10.5 Å². The lowest BCUT2D eigenvalue weighted by molar-refractivity contribution is 1.11. The Morgan fingerprint density at radius 1 is 1.22 bits per heavy atom. The van der Waals surface area contributed by atoms with Gasteiger partial charge in [0.2, 0.25) is 0 Å². The van der Waals surface area contributed by atoms with Gasteiger partial charge in [0.05, 0.1) is 23.1 Å². The van der Waals surface area contributed by atoms with Crippen LogP contribution in [-0.2, 0) is 0 Å². The van der Waals surface area contributed by atoms with E-state index in [2.05, 4.69) is 16.0 Å². The summed E-state index contributed by atoms with van der Waals surface area (Å²) in [5.41, 5.74) is 2.13. The van der Waals surface area contributed by atoms with Gasteiger partial charge in [0, 0.05) is 18.0 Å². The van der Waals surface area contributed by atoms with E-state index in [0.29, 0.717) is 10.6 Å². The molecule has 0 amide bonds. The van der Waals surface area contributed by atoms with Gasteiger partial charge in [-0.3, -0.25) is 4.98 Å². The van der Waals surface area contributed by atoms with Gasteiger partial charge < -0.3 is 0 Å². The number of nitrogens with zero attached hydrogens (tertiary/aromatic N) is 4. The number of hydrogen-bond acceptors (Lipinski definition) is 5. The van der Waals surface area contributed by atoms with Crippen molar-refractivity contribution in [1.29, 1.82) is 10.5 Å². The number of thioether (sulfide) groups is 1. The molecule has 4 nitrogen and oxygen atoms in total. The van der Waals surface area contributed by atoms with Gasteiger partial charge in [-0.1, -0.05) is 11.8 Å². The Hall–Kier alpha value is -2.37. The zero-order valence-electron chi connectivity index (χ0n) is 9.37. The predicted octanol–water partition coefficient (Wildman–Crippen LogP) is 2.63. The Morgan fingerprint density at radius 3 is 2.78 bits per heavy atom. The van der Waals surface area contributed by atoms with Crippen molar-refractivity contribution in [2.75, 3.05) is 5.75 Å². The summed E-state index contributed by atoms with van der Waals surface area (Å²) in [7, 11) is 0. The highest BCUT2D eigenvalue weighted by Gasteiger charge is 2.07. The molecule has 2 rings (SSSR count). The largest absolute Gasteiger partial charge is 0.264 e. The molecule has 0 fully saturated rings. The van der Waals surface area contributed by atoms with Crippen LogP contribution in [-0.4, -0.2) is 15.7 Å². The third-order valence-corrected chi connectivity index (χ3v) is 3.07. The molecule has 5 heteroatoms. The molecule has 2 aromatic rings. The van der Waals surface area contributed by atoms with Crippen LogP contribution < -0.4 is 0 Å². The van der Waals surface area contributed by atoms with Crippen molar-refractivity contribution in [3.8, 4) is 23.4 Å². The van der Waals surface area contributed by atoms with E-state index < -0.39 is 0 Å². The average Bonchev–Trinajstić information content (AvgIpc) is 2.45. The van der Waals surface area contributed by atoms with Crippen molar-refractivity contribution in [1.82, 2.24) is 9.97 Å². The topological polar surface area (TPSA) is 73.4 Å². The third kappa shape index (κ3) is 2.65. The third-order valence-electron chi connectivity index (χ3n) is 2.21. The van der Waals surface area contributed by atoms with E-state index >= 15 is 0 Å². The minimum Gasteiger partial charge on any atom is -0.264 e. The maximum absolute atomic E-state index is 8.98. The molecular formula is C13H8N4S. The monoisotopic (exact) mass is 252 g/mol. The molecule has 0 unspecified atom stereocenters. The average molecular weight is 252 g/mol. The maximum atomic E-state index is 8.98. The second-order valence-corrected chi connectivity index (χ2v) is 4.31. The Bertz CT molecular complexity index is 626. The predicted molar refractivity (Wildman–Crippen MR) is 68.5 cm³/mol. The number of rotatable bonds is 3. The Morgan fingerprint density at radius 2 is 2.11 bits per heavy atom. The summed E-state index contributed by atoms with van der Waals surface area (Å²) in [6.45, 7) is 0. The minimum absolute atomic E-state index is 0.276. The SMILES string of the molecule is N#CCSc1nc(-c2cccnc2)ccc1C#N. The molecule has 0 bridgehead atoms. The highest BCUT2D eigenvalue weighted by Crippen LogP contribution is 2.24. The molecule has 0 N–H and O–H groups in total. The van der Waals surface area contributed by atoms with E-state index in [0.717, 1.165) is 11.3 Å². The molecule has 0 aliphatic heterocycles. The molecule has 2 heterocycles. The zero-order valence-corrected chi connectivity index (χ0v) is 10.2. The maximum Gasteiger partial charge on any atom is 0.116 e. The number of aromatic nitrogens is 2. The van der Waals surface area contributed by atoms with Gasteiger partial charge in [-0.05, 0) is 24.3 Å². The summed E-state index contributed by atoms with van der Waals surface area (Å²) < 4.78 is 0. The highest BCUT2D eigenvalue weighted by molar-refractivity contribution is 7.99. The quantitative estimate of drug-likeness (QED) is 0.785. The van der Waals surface area contributed by atoms with E-state index in [4.69, 9.17) is 10.5 Å². The summed E-state index contributed by atoms with van der Waals surface area (Å²) in [6, 6.07) is 11.3. The van der Waals surface area contributed by atoms with Crippen LogP contribution in [0.2, 0.25) is 0 Å². The summed E-state index contributed by atoms with van der Waals surface area (Å²) >= 11 is 1.27. The molecule has 0 saturated carbocycles. The molecule has 18 heavy (non-hydrogen) atoms. The van der Waals surface area contributed by atoms with Gasteiger partial charge >= 0.3 is 0 Å². The molecule has 0 atom stereocenters. The van der Waals surface area contributed by atoms with Crippen molar-refractivity contribution < 1.29 is 0 Å². The Labute approximate surface area is 109 Å². The highest BCUT2D eigenvalue weighted by atomic mass is 32.2. The van der Waals surface area contributed by atoms with Crippen molar-refractivity contribution >= 4 is 11.8 Å². The van der Waals surface area contributed by atoms with Gasteiger partial charge in [-0.15, -0.1) is 0 Å². The van der Waals surface area contributed by atoms with Crippen molar-refractivity contribution in [3.63, 3.8) is 0 Å². The minimum atomic E-state index is 0.276. The molecule has 0 aliphatic carbocycles. The molecule has 0 aliphatic rings. The summed E-state index contributed by atoms with van der Waals surface area (Å²) in [4.78, 5) is 8.43. The second kappa shape index (κ2) is 5.81. The van der Waals surface area contributed by atoms with Crippen molar-refractivity contribution in [2.24, 2.45) is 0 Å². The second-order valence-electron chi connectivity index (χ2n) is 3.35. The van der Waals surface area contributed by atoms with E-state index in [9.17, 15) is 0 Å². The molecule has 86 valence electrons. The van der Waals surface area contributed by atoms with Crippen LogP contribution in [0.4, 0.5) is 0 Å². The van der Waals surface area contributed by atoms with Crippen LogP contribution in [0, 0.1) is 22.7 Å². The van der Waals surface area contributed by atoms with Crippen LogP contribution in [0.1, 0.15) is 5.56 Å². The first kappa shape index (κ1) is 12.1. The van der Waals surface area contributed by atoms with Crippen LogP contribution in [0.15, 0.2) is 41.7 Å². The Balaban J connectivity index is 2.41. The van der Waals surface area contributed by atoms with Crippen molar-refractivity contribution in [3.05, 3.63) is 42.2 Å². The van der Waals surface area contributed by atoms with E-state index in [1.807, 2.05) is 18.2 Å². The summed E-state index contributed by atoms with van der Waals surface area (Å²) in [5.74, 6) is 0.276. The fourth-order valence-electron chi connectivity index (χ4n) is 1.41. The summed E-state index contributed by atoms with van der Waals surface area (Å²) in [5, 5.41) is 18.2. The van der Waals surface area contributed by atoms with Crippen LogP contribution >= 0.6 is 11.8 Å². The fourth-order valence-corrected chi connectivity index (χ4v) is 2.04. The van der Waals surface area contributed by atoms with E-state index in [1.165, 1.54) is 11.8 Å². The zero-order chi connectivity index (χ0) is 12.8. The van der Waals surface area contributed by atoms with Gasteiger partial charge in [0.1, 0.15) is 11.1 Å². The smallest absolute Gasteiger partial charge is 0.116 e. The molecule has 0 saturated heterocycles. The van der Waals surface area contributed by atoms with Gasteiger partial charge in [-0.25, -0.2) is 4.98 Å². The Kier molecular flexibility index (Phi) is 3.90. The first-order valence-corrected chi connectivity index (χ1v) is 6.15. The normalized spacial score (nSPS) is 9.44. The summed E-state index contributed by atoms with van der Waals surface area (Å²) in [6.07, 6.45) is 3.41. The standard InChI is InChI=1S/C13H8N4S/c14-5-7-18-13-10(8-15)3-4-12(17-13)11-2-1-6-16-9-11/h1-4,6,9H,7H2. The number of nitriles is 2. The number of hydrogen-bond donors (Lipinski definition) is 0. The lowest BCUT2D eigenvalue weighted by atomic mass is 10.2. The molecule has 0 radical (unpaired) electrons. The fraction of sp³-hybridized carbons (Fsp3) is 0.0769. The number of pyridine rings is 2. The first-order valence-electron chi connectivity index (χ1n) is 5.16. The molecule has 2 aromatic heterocycles. The van der Waals surface area contributed by atoms with Crippen molar-refractivity contribution in [2.45, 2.75) is 5.03 Å². The molecule has 0 spiro atoms. The van der Waals surface area contributed by atoms with Gasteiger partial charge in [0.25, 0.3) is 0 Å².